The molecule has 0 radical (unpaired) electrons. The fourth-order valence-corrected chi connectivity index (χ4v) is 3.63. The maximum Gasteiger partial charge on any atom is 0.0837 e. The second kappa shape index (κ2) is 11.6. The van der Waals surface area contributed by atoms with Crippen LogP contribution >= 0.6 is 0 Å². The van der Waals surface area contributed by atoms with E-state index < -0.39 is 0 Å². The molecule has 1 saturated heterocycles. The molecule has 120 valence electrons. The Morgan fingerprint density at radius 3 is 2.05 bits per heavy atom. The molecule has 1 heterocycles. The second-order valence-electron chi connectivity index (χ2n) is 6.50. The molecule has 1 aliphatic rings. The van der Waals surface area contributed by atoms with Gasteiger partial charge >= 0.3 is 0 Å². The summed E-state index contributed by atoms with van der Waals surface area (Å²) in [7, 11) is 0. The Kier molecular flexibility index (Phi) is 10.4. The monoisotopic (exact) mass is 284 g/mol. The van der Waals surface area contributed by atoms with Crippen molar-refractivity contribution in [3.05, 3.63) is 0 Å². The van der Waals surface area contributed by atoms with Crippen LogP contribution < -0.4 is 0 Å². The van der Waals surface area contributed by atoms with Crippen molar-refractivity contribution >= 4 is 0 Å². The third-order valence-corrected chi connectivity index (χ3v) is 4.90. The van der Waals surface area contributed by atoms with Crippen LogP contribution in [0.25, 0.3) is 0 Å². The lowest BCUT2D eigenvalue weighted by Crippen LogP contribution is -2.27. The van der Waals surface area contributed by atoms with Gasteiger partial charge in [-0.15, -0.1) is 0 Å². The first-order chi connectivity index (χ1) is 9.83. The molecule has 20 heavy (non-hydrogen) atoms. The molecule has 2 heteroatoms. The van der Waals surface area contributed by atoms with E-state index in [0.717, 1.165) is 18.9 Å². The number of rotatable bonds is 12. The SMILES string of the molecule is CCCCCCC(CCCCCC)C1CCOC1CO. The number of hydrogen-bond donors (Lipinski definition) is 1. The maximum absolute atomic E-state index is 9.48. The van der Waals surface area contributed by atoms with E-state index >= 15 is 0 Å². The molecule has 0 aromatic rings. The zero-order chi connectivity index (χ0) is 14.6. The minimum absolute atomic E-state index is 0.123. The smallest absolute Gasteiger partial charge is 0.0837 e. The summed E-state index contributed by atoms with van der Waals surface area (Å²) >= 11 is 0. The summed E-state index contributed by atoms with van der Waals surface area (Å²) < 4.78 is 5.70. The van der Waals surface area contributed by atoms with Crippen LogP contribution in [0, 0.1) is 11.8 Å². The van der Waals surface area contributed by atoms with Crippen molar-refractivity contribution in [3.63, 3.8) is 0 Å². The van der Waals surface area contributed by atoms with E-state index in [1.807, 2.05) is 0 Å². The van der Waals surface area contributed by atoms with Gasteiger partial charge in [-0.25, -0.2) is 0 Å². The van der Waals surface area contributed by atoms with Crippen molar-refractivity contribution in [2.24, 2.45) is 11.8 Å². The van der Waals surface area contributed by atoms with Crippen LogP contribution in [-0.2, 0) is 4.74 Å². The Hall–Kier alpha value is -0.0800. The Bertz CT molecular complexity index is 205. The van der Waals surface area contributed by atoms with Crippen molar-refractivity contribution in [2.75, 3.05) is 13.2 Å². The standard InChI is InChI=1S/C18H36O2/c1-3-5-7-9-11-16(12-10-8-6-4-2)17-13-14-20-18(17)15-19/h16-19H,3-15H2,1-2H3. The summed E-state index contributed by atoms with van der Waals surface area (Å²) in [6.45, 7) is 5.62. The first-order valence-corrected chi connectivity index (χ1v) is 9.05. The number of hydrogen-bond acceptors (Lipinski definition) is 2. The quantitative estimate of drug-likeness (QED) is 0.514. The summed E-state index contributed by atoms with van der Waals surface area (Å²) in [4.78, 5) is 0. The summed E-state index contributed by atoms with van der Waals surface area (Å²) in [5.74, 6) is 1.40. The van der Waals surface area contributed by atoms with Crippen molar-refractivity contribution in [1.82, 2.24) is 0 Å². The zero-order valence-electron chi connectivity index (χ0n) is 13.8. The molecule has 1 N–H and O–H groups in total. The second-order valence-corrected chi connectivity index (χ2v) is 6.50. The highest BCUT2D eigenvalue weighted by molar-refractivity contribution is 4.82. The molecule has 0 aromatic heterocycles. The maximum atomic E-state index is 9.48. The van der Waals surface area contributed by atoms with Gasteiger partial charge in [-0.1, -0.05) is 78.1 Å². The van der Waals surface area contributed by atoms with E-state index in [2.05, 4.69) is 13.8 Å². The van der Waals surface area contributed by atoms with Crippen LogP contribution in [0.15, 0.2) is 0 Å². The van der Waals surface area contributed by atoms with Gasteiger partial charge in [0, 0.05) is 6.61 Å². The van der Waals surface area contributed by atoms with Crippen molar-refractivity contribution in [3.8, 4) is 0 Å². The molecule has 2 atom stereocenters. The third-order valence-electron chi connectivity index (χ3n) is 4.90. The third kappa shape index (κ3) is 6.58. The fraction of sp³-hybridized carbons (Fsp3) is 1.00. The summed E-state index contributed by atoms with van der Waals surface area (Å²) in [6, 6.07) is 0. The zero-order valence-corrected chi connectivity index (χ0v) is 13.8. The average Bonchev–Trinajstić information content (AvgIpc) is 2.94. The molecule has 0 saturated carbocycles. The molecule has 0 bridgehead atoms. The Morgan fingerprint density at radius 1 is 0.950 bits per heavy atom. The molecule has 1 rings (SSSR count). The lowest BCUT2D eigenvalue weighted by Gasteiger charge is -2.27. The van der Waals surface area contributed by atoms with Gasteiger partial charge in [0.2, 0.25) is 0 Å². The molecule has 0 aliphatic carbocycles. The van der Waals surface area contributed by atoms with Crippen LogP contribution in [0.3, 0.4) is 0 Å². The summed E-state index contributed by atoms with van der Waals surface area (Å²) in [6.07, 6.45) is 14.8. The Morgan fingerprint density at radius 2 is 1.55 bits per heavy atom. The average molecular weight is 284 g/mol. The summed E-state index contributed by atoms with van der Waals surface area (Å²) in [5, 5.41) is 9.48. The van der Waals surface area contributed by atoms with Crippen molar-refractivity contribution < 1.29 is 9.84 Å². The first-order valence-electron chi connectivity index (χ1n) is 9.05. The van der Waals surface area contributed by atoms with Crippen molar-refractivity contribution in [1.29, 1.82) is 0 Å². The molecular weight excluding hydrogens is 248 g/mol. The number of aliphatic hydroxyl groups is 1. The van der Waals surface area contributed by atoms with Gasteiger partial charge in [-0.05, 0) is 18.3 Å². The van der Waals surface area contributed by atoms with Gasteiger partial charge in [0.1, 0.15) is 0 Å². The minimum atomic E-state index is 0.123. The van der Waals surface area contributed by atoms with E-state index in [1.54, 1.807) is 0 Å². The van der Waals surface area contributed by atoms with Crippen LogP contribution in [-0.4, -0.2) is 24.4 Å². The van der Waals surface area contributed by atoms with Crippen molar-refractivity contribution in [2.45, 2.75) is 90.6 Å². The highest BCUT2D eigenvalue weighted by Gasteiger charge is 2.33. The topological polar surface area (TPSA) is 29.5 Å². The molecule has 0 amide bonds. The molecule has 2 nitrogen and oxygen atoms in total. The number of unbranched alkanes of at least 4 members (excludes halogenated alkanes) is 6. The Balaban J connectivity index is 2.36. The lowest BCUT2D eigenvalue weighted by molar-refractivity contribution is 0.0242. The van der Waals surface area contributed by atoms with Gasteiger partial charge < -0.3 is 9.84 Å². The molecule has 2 unspecified atom stereocenters. The van der Waals surface area contributed by atoms with E-state index in [-0.39, 0.29) is 12.7 Å². The summed E-state index contributed by atoms with van der Waals surface area (Å²) in [5.41, 5.74) is 0. The highest BCUT2D eigenvalue weighted by atomic mass is 16.5. The molecule has 0 aromatic carbocycles. The molecule has 1 aliphatic heterocycles. The largest absolute Gasteiger partial charge is 0.394 e. The van der Waals surface area contributed by atoms with Gasteiger partial charge in [0.15, 0.2) is 0 Å². The molecular formula is C18H36O2. The van der Waals surface area contributed by atoms with Crippen LogP contribution in [0.4, 0.5) is 0 Å². The highest BCUT2D eigenvalue weighted by Crippen LogP contribution is 2.35. The van der Waals surface area contributed by atoms with E-state index in [1.165, 1.54) is 64.2 Å². The first kappa shape index (κ1) is 18.0. The fourth-order valence-electron chi connectivity index (χ4n) is 3.63. The normalized spacial score (nSPS) is 22.8. The van der Waals surface area contributed by atoms with E-state index in [9.17, 15) is 5.11 Å². The predicted octanol–water partition coefficient (Wildman–Crippen LogP) is 4.94. The van der Waals surface area contributed by atoms with Gasteiger partial charge in [-0.3, -0.25) is 0 Å². The van der Waals surface area contributed by atoms with Crippen LogP contribution in [0.5, 0.6) is 0 Å². The van der Waals surface area contributed by atoms with Gasteiger partial charge in [0.05, 0.1) is 12.7 Å². The van der Waals surface area contributed by atoms with E-state index in [0.29, 0.717) is 5.92 Å². The number of aliphatic hydroxyl groups excluding tert-OH is 1. The minimum Gasteiger partial charge on any atom is -0.394 e. The molecule has 1 fully saturated rings. The number of ether oxygens (including phenoxy) is 1. The molecule has 0 spiro atoms. The lowest BCUT2D eigenvalue weighted by atomic mass is 9.80. The predicted molar refractivity (Wildman–Crippen MR) is 85.9 cm³/mol. The van der Waals surface area contributed by atoms with Crippen LogP contribution in [0.1, 0.15) is 84.5 Å². The van der Waals surface area contributed by atoms with Crippen LogP contribution in [0.2, 0.25) is 0 Å². The van der Waals surface area contributed by atoms with E-state index in [4.69, 9.17) is 4.74 Å². The Labute approximate surface area is 126 Å². The van der Waals surface area contributed by atoms with Gasteiger partial charge in [0.25, 0.3) is 0 Å². The van der Waals surface area contributed by atoms with Gasteiger partial charge in [-0.2, -0.15) is 0 Å².